The minimum absolute atomic E-state index is 0.0810. The summed E-state index contributed by atoms with van der Waals surface area (Å²) in [5, 5.41) is 5.64. The van der Waals surface area contributed by atoms with E-state index in [2.05, 4.69) is 10.6 Å². The number of rotatable bonds is 0. The van der Waals surface area contributed by atoms with Crippen molar-refractivity contribution in [2.45, 2.75) is 47.1 Å². The molecular weight excluding hydrogens is 152 g/mol. The standard InChI is InChI=1S/C5H10N2O.2C2H6/c1-5(2)4(8)6-3-7-5;2*1-2/h7H,3H2,1-2H3,(H,6,8);2*1-2H3. The van der Waals surface area contributed by atoms with Crippen LogP contribution in [0.15, 0.2) is 0 Å². The molecule has 0 aromatic rings. The van der Waals surface area contributed by atoms with E-state index in [1.165, 1.54) is 0 Å². The van der Waals surface area contributed by atoms with Gasteiger partial charge in [0, 0.05) is 0 Å². The van der Waals surface area contributed by atoms with E-state index in [0.717, 1.165) is 0 Å². The van der Waals surface area contributed by atoms with E-state index in [1.54, 1.807) is 0 Å². The van der Waals surface area contributed by atoms with Gasteiger partial charge in [-0.05, 0) is 13.8 Å². The van der Waals surface area contributed by atoms with Crippen LogP contribution in [0.4, 0.5) is 0 Å². The van der Waals surface area contributed by atoms with Crippen molar-refractivity contribution in [3.8, 4) is 0 Å². The average molecular weight is 174 g/mol. The zero-order chi connectivity index (χ0) is 10.2. The van der Waals surface area contributed by atoms with Crippen molar-refractivity contribution in [3.05, 3.63) is 0 Å². The first-order valence-corrected chi connectivity index (χ1v) is 4.66. The van der Waals surface area contributed by atoms with Crippen LogP contribution in [-0.2, 0) is 4.79 Å². The number of hydrogen-bond donors (Lipinski definition) is 2. The Morgan fingerprint density at radius 2 is 1.58 bits per heavy atom. The van der Waals surface area contributed by atoms with Gasteiger partial charge in [-0.3, -0.25) is 10.1 Å². The third-order valence-corrected chi connectivity index (χ3v) is 1.35. The Bertz CT molecular complexity index is 122. The molecule has 0 spiro atoms. The van der Waals surface area contributed by atoms with Crippen molar-refractivity contribution >= 4 is 5.91 Å². The van der Waals surface area contributed by atoms with Gasteiger partial charge in [-0.25, -0.2) is 0 Å². The average Bonchev–Trinajstić information content (AvgIpc) is 2.38. The Kier molecular flexibility index (Phi) is 8.27. The van der Waals surface area contributed by atoms with E-state index in [4.69, 9.17) is 0 Å². The Morgan fingerprint density at radius 1 is 1.17 bits per heavy atom. The van der Waals surface area contributed by atoms with Gasteiger partial charge in [0.15, 0.2) is 0 Å². The van der Waals surface area contributed by atoms with Crippen molar-refractivity contribution < 1.29 is 4.79 Å². The second-order valence-corrected chi connectivity index (χ2v) is 2.48. The molecule has 1 aliphatic heterocycles. The summed E-state index contributed by atoms with van der Waals surface area (Å²) in [7, 11) is 0. The molecule has 74 valence electrons. The first kappa shape index (κ1) is 14.0. The number of carbonyl (C=O) groups is 1. The third kappa shape index (κ3) is 4.34. The highest BCUT2D eigenvalue weighted by Crippen LogP contribution is 2.04. The van der Waals surface area contributed by atoms with E-state index < -0.39 is 0 Å². The van der Waals surface area contributed by atoms with Crippen LogP contribution < -0.4 is 10.6 Å². The minimum Gasteiger partial charge on any atom is -0.342 e. The first-order valence-electron chi connectivity index (χ1n) is 4.66. The molecule has 0 unspecified atom stereocenters. The second kappa shape index (κ2) is 7.10. The smallest absolute Gasteiger partial charge is 0.240 e. The Hall–Kier alpha value is -0.570. The lowest BCUT2D eigenvalue weighted by molar-refractivity contribution is -0.123. The molecule has 1 rings (SSSR count). The van der Waals surface area contributed by atoms with Crippen LogP contribution in [0.25, 0.3) is 0 Å². The molecule has 0 saturated carbocycles. The molecule has 3 nitrogen and oxygen atoms in total. The molecule has 12 heavy (non-hydrogen) atoms. The van der Waals surface area contributed by atoms with E-state index >= 15 is 0 Å². The largest absolute Gasteiger partial charge is 0.342 e. The van der Waals surface area contributed by atoms with Crippen molar-refractivity contribution in [1.82, 2.24) is 10.6 Å². The second-order valence-electron chi connectivity index (χ2n) is 2.48. The summed E-state index contributed by atoms with van der Waals surface area (Å²) in [6, 6.07) is 0. The number of amides is 1. The maximum Gasteiger partial charge on any atom is 0.240 e. The van der Waals surface area contributed by atoms with Gasteiger partial charge < -0.3 is 5.32 Å². The van der Waals surface area contributed by atoms with Gasteiger partial charge in [0.2, 0.25) is 5.91 Å². The predicted octanol–water partition coefficient (Wildman–Crippen LogP) is 1.49. The van der Waals surface area contributed by atoms with E-state index in [1.807, 2.05) is 41.5 Å². The van der Waals surface area contributed by atoms with Crippen molar-refractivity contribution in [1.29, 1.82) is 0 Å². The SMILES string of the molecule is CC.CC.CC1(C)NCNC1=O. The monoisotopic (exact) mass is 174 g/mol. The lowest BCUT2D eigenvalue weighted by atomic mass is 10.1. The van der Waals surface area contributed by atoms with Crippen LogP contribution in [0.5, 0.6) is 0 Å². The van der Waals surface area contributed by atoms with Gasteiger partial charge in [0.05, 0.1) is 12.2 Å². The molecule has 0 aromatic heterocycles. The van der Waals surface area contributed by atoms with Crippen LogP contribution in [0.1, 0.15) is 41.5 Å². The van der Waals surface area contributed by atoms with Gasteiger partial charge in [0.1, 0.15) is 0 Å². The van der Waals surface area contributed by atoms with Crippen molar-refractivity contribution in [2.75, 3.05) is 6.67 Å². The van der Waals surface area contributed by atoms with E-state index in [0.29, 0.717) is 6.67 Å². The first-order chi connectivity index (χ1) is 5.63. The molecule has 0 aliphatic carbocycles. The Balaban J connectivity index is 0. The van der Waals surface area contributed by atoms with Crippen LogP contribution in [0.2, 0.25) is 0 Å². The number of hydrogen-bond acceptors (Lipinski definition) is 2. The fourth-order valence-electron chi connectivity index (χ4n) is 0.647. The molecule has 1 amide bonds. The zero-order valence-electron chi connectivity index (χ0n) is 9.12. The van der Waals surface area contributed by atoms with Gasteiger partial charge >= 0.3 is 0 Å². The van der Waals surface area contributed by atoms with Gasteiger partial charge in [0.25, 0.3) is 0 Å². The highest BCUT2D eigenvalue weighted by molar-refractivity contribution is 5.87. The molecule has 3 heteroatoms. The number of carbonyl (C=O) groups excluding carboxylic acids is 1. The fourth-order valence-corrected chi connectivity index (χ4v) is 0.647. The van der Waals surface area contributed by atoms with E-state index in [-0.39, 0.29) is 11.4 Å². The minimum atomic E-state index is -0.347. The molecule has 1 heterocycles. The van der Waals surface area contributed by atoms with Crippen molar-refractivity contribution in [3.63, 3.8) is 0 Å². The maximum atomic E-state index is 10.7. The zero-order valence-corrected chi connectivity index (χ0v) is 9.12. The summed E-state index contributed by atoms with van der Waals surface area (Å²) in [4.78, 5) is 10.7. The van der Waals surface area contributed by atoms with Gasteiger partial charge in [-0.15, -0.1) is 0 Å². The Morgan fingerprint density at radius 3 is 1.67 bits per heavy atom. The predicted molar refractivity (Wildman–Crippen MR) is 52.9 cm³/mol. The summed E-state index contributed by atoms with van der Waals surface area (Å²) in [6.07, 6.45) is 0. The Labute approximate surface area is 75.9 Å². The highest BCUT2D eigenvalue weighted by atomic mass is 16.2. The summed E-state index contributed by atoms with van der Waals surface area (Å²) in [5.74, 6) is 0.0810. The number of nitrogens with one attached hydrogen (secondary N) is 2. The summed E-state index contributed by atoms with van der Waals surface area (Å²) >= 11 is 0. The van der Waals surface area contributed by atoms with Crippen LogP contribution in [0.3, 0.4) is 0 Å². The van der Waals surface area contributed by atoms with E-state index in [9.17, 15) is 4.79 Å². The van der Waals surface area contributed by atoms with Crippen LogP contribution in [0, 0.1) is 0 Å². The fraction of sp³-hybridized carbons (Fsp3) is 0.889. The lowest BCUT2D eigenvalue weighted by Crippen LogP contribution is -2.39. The quantitative estimate of drug-likeness (QED) is 0.584. The van der Waals surface area contributed by atoms with Crippen molar-refractivity contribution in [2.24, 2.45) is 0 Å². The summed E-state index contributed by atoms with van der Waals surface area (Å²) in [5.41, 5.74) is -0.347. The van der Waals surface area contributed by atoms with Gasteiger partial charge in [-0.1, -0.05) is 27.7 Å². The third-order valence-electron chi connectivity index (χ3n) is 1.35. The molecule has 0 bridgehead atoms. The molecule has 0 aromatic carbocycles. The molecule has 2 N–H and O–H groups in total. The topological polar surface area (TPSA) is 41.1 Å². The molecule has 1 saturated heterocycles. The van der Waals surface area contributed by atoms with Gasteiger partial charge in [-0.2, -0.15) is 0 Å². The van der Waals surface area contributed by atoms with Crippen LogP contribution >= 0.6 is 0 Å². The molecule has 1 fully saturated rings. The summed E-state index contributed by atoms with van der Waals surface area (Å²) in [6.45, 7) is 12.3. The molecule has 0 atom stereocenters. The lowest BCUT2D eigenvalue weighted by Gasteiger charge is -2.11. The highest BCUT2D eigenvalue weighted by Gasteiger charge is 2.31. The van der Waals surface area contributed by atoms with Crippen LogP contribution in [-0.4, -0.2) is 18.1 Å². The molecule has 0 radical (unpaired) electrons. The normalized spacial score (nSPS) is 18.0. The molecule has 1 aliphatic rings. The molecular formula is C9H22N2O. The summed E-state index contributed by atoms with van der Waals surface area (Å²) < 4.78 is 0. The maximum absolute atomic E-state index is 10.7.